The molecule has 0 saturated carbocycles. The summed E-state index contributed by atoms with van der Waals surface area (Å²) in [5.41, 5.74) is 13.3. The van der Waals surface area contributed by atoms with Crippen LogP contribution in [0.15, 0.2) is 76.0 Å². The first-order valence-corrected chi connectivity index (χ1v) is 10.5. The van der Waals surface area contributed by atoms with E-state index in [9.17, 15) is 14.7 Å². The third-order valence-corrected chi connectivity index (χ3v) is 5.12. The van der Waals surface area contributed by atoms with E-state index < -0.39 is 23.9 Å². The average Bonchev–Trinajstić information content (AvgIpc) is 3.51. The average molecular weight is 461 g/mol. The Kier molecular flexibility index (Phi) is 6.69. The van der Waals surface area contributed by atoms with Gasteiger partial charge in [0.2, 0.25) is 11.8 Å². The molecule has 34 heavy (non-hydrogen) atoms. The van der Waals surface area contributed by atoms with Crippen molar-refractivity contribution in [3.05, 3.63) is 101 Å². The van der Waals surface area contributed by atoms with Crippen LogP contribution in [0.25, 0.3) is 0 Å². The summed E-state index contributed by atoms with van der Waals surface area (Å²) >= 11 is 0. The second-order valence-electron chi connectivity index (χ2n) is 7.70. The molecule has 10 nitrogen and oxygen atoms in total. The van der Waals surface area contributed by atoms with Crippen LogP contribution in [0.5, 0.6) is 5.75 Å². The van der Waals surface area contributed by atoms with Gasteiger partial charge in [0.15, 0.2) is 11.4 Å². The number of nitrogens with zero attached hydrogens (tertiary/aromatic N) is 2. The van der Waals surface area contributed by atoms with Crippen molar-refractivity contribution in [2.75, 3.05) is 0 Å². The Labute approximate surface area is 194 Å². The lowest BCUT2D eigenvalue weighted by molar-refractivity contribution is 0.0924. The SMILES string of the molecule is NC(=O)c1coc([C@H](Cc2ccccc2)NC(=O)c2coc([C@@H](N)Cc3ccc(O)cc3)n2)n1. The van der Waals surface area contributed by atoms with Crippen LogP contribution < -0.4 is 16.8 Å². The minimum Gasteiger partial charge on any atom is -0.508 e. The smallest absolute Gasteiger partial charge is 0.273 e. The van der Waals surface area contributed by atoms with E-state index in [4.69, 9.17) is 20.3 Å². The molecule has 2 heterocycles. The fourth-order valence-electron chi connectivity index (χ4n) is 3.38. The molecule has 0 bridgehead atoms. The van der Waals surface area contributed by atoms with Crippen molar-refractivity contribution in [1.29, 1.82) is 0 Å². The summed E-state index contributed by atoms with van der Waals surface area (Å²) in [6.45, 7) is 0. The molecule has 0 spiro atoms. The standard InChI is InChI=1S/C24H23N5O5/c25-17(10-15-6-8-16(30)9-7-15)23-29-20(13-33-23)22(32)27-18(11-14-4-2-1-3-5-14)24-28-19(12-34-24)21(26)31/h1-9,12-13,17-18,30H,10-11,25H2,(H2,26,31)(H,27,32)/t17-,18-/m0/s1. The molecule has 174 valence electrons. The van der Waals surface area contributed by atoms with Crippen molar-refractivity contribution >= 4 is 11.8 Å². The van der Waals surface area contributed by atoms with Gasteiger partial charge in [-0.25, -0.2) is 9.97 Å². The number of aromatic nitrogens is 2. The third-order valence-electron chi connectivity index (χ3n) is 5.12. The van der Waals surface area contributed by atoms with Gasteiger partial charge in [-0.15, -0.1) is 0 Å². The molecule has 0 aliphatic heterocycles. The summed E-state index contributed by atoms with van der Waals surface area (Å²) in [5.74, 6) is -0.759. The molecule has 2 aromatic heterocycles. The van der Waals surface area contributed by atoms with Crippen LogP contribution in [0, 0.1) is 0 Å². The van der Waals surface area contributed by atoms with Crippen molar-refractivity contribution in [1.82, 2.24) is 15.3 Å². The van der Waals surface area contributed by atoms with Crippen molar-refractivity contribution in [2.24, 2.45) is 11.5 Å². The molecule has 0 unspecified atom stereocenters. The monoisotopic (exact) mass is 461 g/mol. The van der Waals surface area contributed by atoms with E-state index in [1.807, 2.05) is 30.3 Å². The molecule has 6 N–H and O–H groups in total. The number of aromatic hydroxyl groups is 1. The predicted octanol–water partition coefficient (Wildman–Crippen LogP) is 2.42. The molecule has 0 fully saturated rings. The second kappa shape index (κ2) is 10.0. The van der Waals surface area contributed by atoms with Gasteiger partial charge in [0.05, 0.1) is 6.04 Å². The number of primary amides is 1. The Morgan fingerprint density at radius 1 is 0.882 bits per heavy atom. The van der Waals surface area contributed by atoms with Gasteiger partial charge < -0.3 is 30.7 Å². The number of rotatable bonds is 9. The van der Waals surface area contributed by atoms with Crippen LogP contribution >= 0.6 is 0 Å². The highest BCUT2D eigenvalue weighted by molar-refractivity contribution is 5.92. The molecule has 2 aromatic carbocycles. The van der Waals surface area contributed by atoms with Crippen LogP contribution in [0.4, 0.5) is 0 Å². The van der Waals surface area contributed by atoms with E-state index >= 15 is 0 Å². The normalized spacial score (nSPS) is 12.7. The van der Waals surface area contributed by atoms with Gasteiger partial charge in [-0.1, -0.05) is 42.5 Å². The van der Waals surface area contributed by atoms with Gasteiger partial charge in [-0.05, 0) is 29.7 Å². The highest BCUT2D eigenvalue weighted by Crippen LogP contribution is 2.21. The highest BCUT2D eigenvalue weighted by atomic mass is 16.3. The first kappa shape index (κ1) is 22.7. The van der Waals surface area contributed by atoms with Crippen molar-refractivity contribution in [3.63, 3.8) is 0 Å². The number of phenols is 1. The van der Waals surface area contributed by atoms with E-state index in [1.54, 1.807) is 24.3 Å². The maximum atomic E-state index is 12.9. The van der Waals surface area contributed by atoms with Gasteiger partial charge in [0, 0.05) is 6.42 Å². The Balaban J connectivity index is 1.49. The van der Waals surface area contributed by atoms with Gasteiger partial charge >= 0.3 is 0 Å². The lowest BCUT2D eigenvalue weighted by Crippen LogP contribution is -2.30. The fraction of sp³-hybridized carbons (Fsp3) is 0.167. The Morgan fingerprint density at radius 2 is 1.50 bits per heavy atom. The summed E-state index contributed by atoms with van der Waals surface area (Å²) in [5, 5.41) is 12.2. The van der Waals surface area contributed by atoms with Crippen molar-refractivity contribution in [2.45, 2.75) is 24.9 Å². The molecule has 0 aliphatic rings. The second-order valence-corrected chi connectivity index (χ2v) is 7.70. The van der Waals surface area contributed by atoms with Crippen LogP contribution in [0.1, 0.15) is 56.0 Å². The lowest BCUT2D eigenvalue weighted by atomic mass is 10.1. The molecule has 0 radical (unpaired) electrons. The molecular formula is C24H23N5O5. The van der Waals surface area contributed by atoms with Crippen molar-refractivity contribution < 1.29 is 23.5 Å². The molecule has 4 aromatic rings. The molecule has 0 saturated heterocycles. The highest BCUT2D eigenvalue weighted by Gasteiger charge is 2.25. The molecule has 10 heteroatoms. The zero-order valence-corrected chi connectivity index (χ0v) is 18.0. The summed E-state index contributed by atoms with van der Waals surface area (Å²) in [6, 6.07) is 14.8. The Hall–Kier alpha value is -4.44. The Morgan fingerprint density at radius 3 is 2.18 bits per heavy atom. The number of carbonyl (C=O) groups is 2. The van der Waals surface area contributed by atoms with E-state index in [2.05, 4.69) is 15.3 Å². The first-order chi connectivity index (χ1) is 16.4. The number of benzene rings is 2. The topological polar surface area (TPSA) is 170 Å². The molecule has 2 atom stereocenters. The van der Waals surface area contributed by atoms with E-state index in [1.165, 1.54) is 6.26 Å². The molecule has 2 amide bonds. The number of hydrogen-bond acceptors (Lipinski definition) is 8. The number of oxazole rings is 2. The fourth-order valence-corrected chi connectivity index (χ4v) is 3.38. The molecule has 4 rings (SSSR count). The maximum absolute atomic E-state index is 12.9. The van der Waals surface area contributed by atoms with Gasteiger partial charge in [-0.3, -0.25) is 9.59 Å². The summed E-state index contributed by atoms with van der Waals surface area (Å²) in [6.07, 6.45) is 3.14. The van der Waals surface area contributed by atoms with Crippen LogP contribution in [-0.4, -0.2) is 26.9 Å². The quantitative estimate of drug-likeness (QED) is 0.294. The van der Waals surface area contributed by atoms with Crippen molar-refractivity contribution in [3.8, 4) is 5.75 Å². The number of carbonyl (C=O) groups excluding carboxylic acids is 2. The van der Waals surface area contributed by atoms with Gasteiger partial charge in [0.25, 0.3) is 11.8 Å². The van der Waals surface area contributed by atoms with Gasteiger partial charge in [0.1, 0.15) is 24.3 Å². The number of hydrogen-bond donors (Lipinski definition) is 4. The predicted molar refractivity (Wildman–Crippen MR) is 121 cm³/mol. The van der Waals surface area contributed by atoms with E-state index in [-0.39, 0.29) is 28.9 Å². The summed E-state index contributed by atoms with van der Waals surface area (Å²) < 4.78 is 10.8. The summed E-state index contributed by atoms with van der Waals surface area (Å²) in [4.78, 5) is 32.7. The summed E-state index contributed by atoms with van der Waals surface area (Å²) in [7, 11) is 0. The third kappa shape index (κ3) is 5.48. The minimum atomic E-state index is -0.733. The van der Waals surface area contributed by atoms with Crippen LogP contribution in [-0.2, 0) is 12.8 Å². The van der Waals surface area contributed by atoms with E-state index in [0.717, 1.165) is 17.4 Å². The van der Waals surface area contributed by atoms with E-state index in [0.29, 0.717) is 12.8 Å². The zero-order valence-electron chi connectivity index (χ0n) is 18.0. The Bertz CT molecular complexity index is 1270. The molecule has 0 aliphatic carbocycles. The zero-order chi connectivity index (χ0) is 24.1. The van der Waals surface area contributed by atoms with Crippen LogP contribution in [0.3, 0.4) is 0 Å². The first-order valence-electron chi connectivity index (χ1n) is 10.5. The number of phenolic OH excluding ortho intramolecular Hbond substituents is 1. The lowest BCUT2D eigenvalue weighted by Gasteiger charge is -2.15. The maximum Gasteiger partial charge on any atom is 0.273 e. The van der Waals surface area contributed by atoms with Crippen LogP contribution in [0.2, 0.25) is 0 Å². The largest absolute Gasteiger partial charge is 0.508 e. The molecular weight excluding hydrogens is 438 g/mol. The number of amides is 2. The minimum absolute atomic E-state index is 0.0359. The number of nitrogens with two attached hydrogens (primary N) is 2. The number of nitrogens with one attached hydrogen (secondary N) is 1. The van der Waals surface area contributed by atoms with Gasteiger partial charge in [-0.2, -0.15) is 0 Å².